The van der Waals surface area contributed by atoms with Gasteiger partial charge in [-0.2, -0.15) is 0 Å². The number of nitrogen functional groups attached to an aromatic ring is 1. The van der Waals surface area contributed by atoms with Crippen LogP contribution in [-0.2, 0) is 0 Å². The summed E-state index contributed by atoms with van der Waals surface area (Å²) in [6, 6.07) is 14.6. The summed E-state index contributed by atoms with van der Waals surface area (Å²) in [5, 5.41) is 4.58. The van der Waals surface area contributed by atoms with Gasteiger partial charge in [-0.1, -0.05) is 46.3 Å². The van der Waals surface area contributed by atoms with Crippen molar-refractivity contribution >= 4 is 38.2 Å². The summed E-state index contributed by atoms with van der Waals surface area (Å²) in [7, 11) is 0. The van der Waals surface area contributed by atoms with Crippen LogP contribution in [-0.4, -0.2) is 4.98 Å². The van der Waals surface area contributed by atoms with Gasteiger partial charge in [-0.15, -0.1) is 0 Å². The highest BCUT2D eigenvalue weighted by molar-refractivity contribution is 9.10. The highest BCUT2D eigenvalue weighted by Gasteiger charge is 2.12. The molecule has 0 aliphatic rings. The summed E-state index contributed by atoms with van der Waals surface area (Å²) in [4.78, 5) is 4.43. The van der Waals surface area contributed by atoms with Gasteiger partial charge in [-0.05, 0) is 37.1 Å². The normalized spacial score (nSPS) is 12.3. The van der Waals surface area contributed by atoms with E-state index in [2.05, 4.69) is 58.3 Å². The van der Waals surface area contributed by atoms with Crippen molar-refractivity contribution in [3.8, 4) is 0 Å². The van der Waals surface area contributed by atoms with Gasteiger partial charge < -0.3 is 11.1 Å². The fraction of sp³-hybridized carbons (Fsp3) is 0.167. The van der Waals surface area contributed by atoms with Crippen LogP contribution in [0.15, 0.2) is 53.1 Å². The zero-order chi connectivity index (χ0) is 15.7. The molecular weight excluding hydrogens is 338 g/mol. The molecule has 3 N–H and O–H groups in total. The Labute approximate surface area is 138 Å². The average molecular weight is 356 g/mol. The predicted molar refractivity (Wildman–Crippen MR) is 97.1 cm³/mol. The molecule has 112 valence electrons. The lowest BCUT2D eigenvalue weighted by Crippen LogP contribution is -2.09. The standard InChI is InChI=1S/C18H18BrN3/c1-11-8-14-17(9-15(11)19)21-10-16(20)18(14)22-12(2)13-6-4-3-5-7-13/h3-10,12H,20H2,1-2H3,(H,21,22). The van der Waals surface area contributed by atoms with E-state index in [1.165, 1.54) is 5.56 Å². The second kappa shape index (κ2) is 5.97. The molecule has 0 aliphatic carbocycles. The molecule has 0 fully saturated rings. The van der Waals surface area contributed by atoms with Crippen LogP contribution in [0.25, 0.3) is 10.9 Å². The number of anilines is 2. The maximum atomic E-state index is 6.16. The Morgan fingerprint density at radius 1 is 1.18 bits per heavy atom. The van der Waals surface area contributed by atoms with E-state index in [9.17, 15) is 0 Å². The smallest absolute Gasteiger partial charge is 0.0743 e. The van der Waals surface area contributed by atoms with Gasteiger partial charge in [0.05, 0.1) is 23.1 Å². The number of hydrogen-bond donors (Lipinski definition) is 2. The quantitative estimate of drug-likeness (QED) is 0.690. The molecule has 3 aromatic rings. The van der Waals surface area contributed by atoms with Crippen LogP contribution in [0.5, 0.6) is 0 Å². The van der Waals surface area contributed by atoms with Gasteiger partial charge in [0.1, 0.15) is 0 Å². The third kappa shape index (κ3) is 2.79. The second-order valence-electron chi connectivity index (χ2n) is 5.48. The molecule has 3 rings (SSSR count). The first kappa shape index (κ1) is 14.9. The molecule has 2 aromatic carbocycles. The Hall–Kier alpha value is -2.07. The van der Waals surface area contributed by atoms with Gasteiger partial charge in [0, 0.05) is 15.9 Å². The van der Waals surface area contributed by atoms with Gasteiger partial charge in [-0.3, -0.25) is 4.98 Å². The van der Waals surface area contributed by atoms with Crippen LogP contribution in [0.1, 0.15) is 24.1 Å². The fourth-order valence-corrected chi connectivity index (χ4v) is 2.87. The van der Waals surface area contributed by atoms with Crippen molar-refractivity contribution in [2.24, 2.45) is 0 Å². The van der Waals surface area contributed by atoms with Gasteiger partial charge in [0.25, 0.3) is 0 Å². The summed E-state index contributed by atoms with van der Waals surface area (Å²) in [5.41, 5.74) is 11.1. The van der Waals surface area contributed by atoms with E-state index in [-0.39, 0.29) is 6.04 Å². The highest BCUT2D eigenvalue weighted by atomic mass is 79.9. The third-order valence-corrected chi connectivity index (χ3v) is 4.69. The molecule has 22 heavy (non-hydrogen) atoms. The lowest BCUT2D eigenvalue weighted by atomic mass is 10.1. The molecule has 1 unspecified atom stereocenters. The molecule has 0 radical (unpaired) electrons. The zero-order valence-corrected chi connectivity index (χ0v) is 14.2. The lowest BCUT2D eigenvalue weighted by molar-refractivity contribution is 0.887. The molecule has 0 saturated carbocycles. The van der Waals surface area contributed by atoms with Gasteiger partial charge in [0.15, 0.2) is 0 Å². The largest absolute Gasteiger partial charge is 0.396 e. The Morgan fingerprint density at radius 3 is 2.64 bits per heavy atom. The van der Waals surface area contributed by atoms with Gasteiger partial charge >= 0.3 is 0 Å². The first-order chi connectivity index (χ1) is 10.6. The van der Waals surface area contributed by atoms with Crippen LogP contribution < -0.4 is 11.1 Å². The van der Waals surface area contributed by atoms with Gasteiger partial charge in [0.2, 0.25) is 0 Å². The maximum Gasteiger partial charge on any atom is 0.0743 e. The third-order valence-electron chi connectivity index (χ3n) is 3.84. The molecule has 0 amide bonds. The SMILES string of the molecule is Cc1cc2c(NC(C)c3ccccc3)c(N)cnc2cc1Br. The van der Waals surface area contributed by atoms with Crippen molar-refractivity contribution in [1.29, 1.82) is 0 Å². The number of aryl methyl sites for hydroxylation is 1. The van der Waals surface area contributed by atoms with Crippen LogP contribution in [0, 0.1) is 6.92 Å². The lowest BCUT2D eigenvalue weighted by Gasteiger charge is -2.19. The summed E-state index contributed by atoms with van der Waals surface area (Å²) < 4.78 is 1.05. The van der Waals surface area contributed by atoms with E-state index in [1.807, 2.05) is 24.3 Å². The first-order valence-electron chi connectivity index (χ1n) is 7.22. The number of aromatic nitrogens is 1. The summed E-state index contributed by atoms with van der Waals surface area (Å²) >= 11 is 3.56. The maximum absolute atomic E-state index is 6.16. The Kier molecular flexibility index (Phi) is 4.03. The molecule has 1 atom stereocenters. The number of fused-ring (bicyclic) bond motifs is 1. The average Bonchev–Trinajstić information content (AvgIpc) is 2.53. The zero-order valence-electron chi connectivity index (χ0n) is 12.6. The molecular formula is C18H18BrN3. The minimum atomic E-state index is 0.165. The number of rotatable bonds is 3. The van der Waals surface area contributed by atoms with Crippen molar-refractivity contribution in [1.82, 2.24) is 4.98 Å². The molecule has 0 saturated heterocycles. The molecule has 3 nitrogen and oxygen atoms in total. The monoisotopic (exact) mass is 355 g/mol. The number of nitrogens with two attached hydrogens (primary N) is 1. The van der Waals surface area contributed by atoms with E-state index in [0.29, 0.717) is 5.69 Å². The number of nitrogens with one attached hydrogen (secondary N) is 1. The van der Waals surface area contributed by atoms with Crippen molar-refractivity contribution in [3.63, 3.8) is 0 Å². The number of nitrogens with zero attached hydrogens (tertiary/aromatic N) is 1. The first-order valence-corrected chi connectivity index (χ1v) is 8.01. The van der Waals surface area contributed by atoms with E-state index >= 15 is 0 Å². The van der Waals surface area contributed by atoms with E-state index in [1.54, 1.807) is 6.20 Å². The van der Waals surface area contributed by atoms with Crippen molar-refractivity contribution < 1.29 is 0 Å². The Balaban J connectivity index is 2.06. The predicted octanol–water partition coefficient (Wildman–Crippen LogP) is 5.06. The number of hydrogen-bond acceptors (Lipinski definition) is 3. The number of benzene rings is 2. The fourth-order valence-electron chi connectivity index (χ4n) is 2.54. The van der Waals surface area contributed by atoms with Crippen molar-refractivity contribution in [2.75, 3.05) is 11.1 Å². The Bertz CT molecular complexity index is 815. The van der Waals surface area contributed by atoms with Gasteiger partial charge in [-0.25, -0.2) is 0 Å². The minimum absolute atomic E-state index is 0.165. The molecule has 0 spiro atoms. The summed E-state index contributed by atoms with van der Waals surface area (Å²) in [6.07, 6.45) is 1.71. The minimum Gasteiger partial charge on any atom is -0.396 e. The van der Waals surface area contributed by atoms with Crippen LogP contribution in [0.4, 0.5) is 11.4 Å². The van der Waals surface area contributed by atoms with Crippen LogP contribution in [0.3, 0.4) is 0 Å². The van der Waals surface area contributed by atoms with Crippen molar-refractivity contribution in [2.45, 2.75) is 19.9 Å². The highest BCUT2D eigenvalue weighted by Crippen LogP contribution is 2.33. The van der Waals surface area contributed by atoms with E-state index in [4.69, 9.17) is 5.73 Å². The molecule has 1 aromatic heterocycles. The van der Waals surface area contributed by atoms with E-state index < -0.39 is 0 Å². The summed E-state index contributed by atoms with van der Waals surface area (Å²) in [5.74, 6) is 0. The molecule has 0 aliphatic heterocycles. The van der Waals surface area contributed by atoms with Crippen molar-refractivity contribution in [3.05, 3.63) is 64.3 Å². The summed E-state index contributed by atoms with van der Waals surface area (Å²) in [6.45, 7) is 4.20. The van der Waals surface area contributed by atoms with Crippen LogP contribution >= 0.6 is 15.9 Å². The molecule has 0 bridgehead atoms. The Morgan fingerprint density at radius 2 is 1.91 bits per heavy atom. The number of halogens is 1. The van der Waals surface area contributed by atoms with Crippen LogP contribution in [0.2, 0.25) is 0 Å². The molecule has 1 heterocycles. The second-order valence-corrected chi connectivity index (χ2v) is 6.34. The van der Waals surface area contributed by atoms with E-state index in [0.717, 1.165) is 26.6 Å². The molecule has 4 heteroatoms. The topological polar surface area (TPSA) is 50.9 Å². The number of pyridine rings is 1.